The summed E-state index contributed by atoms with van der Waals surface area (Å²) >= 11 is 0. The average Bonchev–Trinajstić information content (AvgIpc) is 3.31. The second kappa shape index (κ2) is 7.03. The highest BCUT2D eigenvalue weighted by atomic mass is 16.2. The molecule has 138 valence electrons. The van der Waals surface area contributed by atoms with E-state index in [9.17, 15) is 9.59 Å². The topological polar surface area (TPSA) is 40.6 Å². The van der Waals surface area contributed by atoms with Crippen molar-refractivity contribution in [2.45, 2.75) is 24.7 Å². The number of hydrogen-bond acceptors (Lipinski definition) is 2. The largest absolute Gasteiger partial charge is 0.335 e. The van der Waals surface area contributed by atoms with Crippen molar-refractivity contribution in [2.24, 2.45) is 0 Å². The number of carbonyl (C=O) groups excluding carboxylic acids is 2. The molecule has 0 aromatic heterocycles. The molecule has 4 heteroatoms. The fourth-order valence-electron chi connectivity index (χ4n) is 4.32. The molecule has 0 N–H and O–H groups in total. The zero-order valence-corrected chi connectivity index (χ0v) is 15.6. The summed E-state index contributed by atoms with van der Waals surface area (Å²) in [7, 11) is 1.83. The second-order valence-corrected chi connectivity index (χ2v) is 7.40. The van der Waals surface area contributed by atoms with E-state index < -0.39 is 5.41 Å². The van der Waals surface area contributed by atoms with E-state index in [4.69, 9.17) is 0 Å². The number of amides is 2. The lowest BCUT2D eigenvalue weighted by Crippen LogP contribution is -2.42. The van der Waals surface area contributed by atoms with Crippen molar-refractivity contribution in [1.82, 2.24) is 4.90 Å². The molecule has 2 aliphatic rings. The highest BCUT2D eigenvalue weighted by Crippen LogP contribution is 2.46. The first-order valence-corrected chi connectivity index (χ1v) is 9.46. The van der Waals surface area contributed by atoms with Gasteiger partial charge in [-0.3, -0.25) is 9.59 Å². The Morgan fingerprint density at radius 3 is 2.41 bits per heavy atom. The number of para-hydroxylation sites is 1. The van der Waals surface area contributed by atoms with Crippen molar-refractivity contribution in [1.29, 1.82) is 0 Å². The molecule has 2 heterocycles. The van der Waals surface area contributed by atoms with Gasteiger partial charge >= 0.3 is 0 Å². The number of benzene rings is 2. The van der Waals surface area contributed by atoms with Crippen LogP contribution in [0.5, 0.6) is 0 Å². The smallest absolute Gasteiger partial charge is 0.237 e. The van der Waals surface area contributed by atoms with Gasteiger partial charge in [-0.25, -0.2) is 0 Å². The quantitative estimate of drug-likeness (QED) is 0.768. The predicted molar refractivity (Wildman–Crippen MR) is 107 cm³/mol. The Kier molecular flexibility index (Phi) is 4.56. The number of likely N-dealkylation sites (N-methyl/N-ethyl adjacent to an activating group) is 1. The lowest BCUT2D eigenvalue weighted by Gasteiger charge is -2.29. The number of carbonyl (C=O) groups is 2. The van der Waals surface area contributed by atoms with Crippen molar-refractivity contribution in [3.63, 3.8) is 0 Å². The van der Waals surface area contributed by atoms with Crippen LogP contribution in [0.3, 0.4) is 0 Å². The van der Waals surface area contributed by atoms with Crippen molar-refractivity contribution in [3.05, 3.63) is 77.9 Å². The highest BCUT2D eigenvalue weighted by Gasteiger charge is 2.49. The summed E-state index contributed by atoms with van der Waals surface area (Å²) in [5.74, 6) is 0.201. The van der Waals surface area contributed by atoms with E-state index in [2.05, 4.69) is 12.1 Å². The number of hydrogen-bond donors (Lipinski definition) is 0. The third-order valence-corrected chi connectivity index (χ3v) is 5.78. The van der Waals surface area contributed by atoms with Gasteiger partial charge in [-0.15, -0.1) is 0 Å². The highest BCUT2D eigenvalue weighted by molar-refractivity contribution is 6.08. The number of rotatable bonds is 5. The first kappa shape index (κ1) is 17.5. The average molecular weight is 360 g/mol. The van der Waals surface area contributed by atoms with Gasteiger partial charge in [0.1, 0.15) is 0 Å². The standard InChI is InChI=1S/C23H24N2O2/c1-24-20-12-6-5-11-19(20)23(22(24)27,17-18-9-3-2-4-10-18)14-13-21(26)25-15-7-8-16-25/h2-12H,13-17H2,1H3/t23-/m1/s1. The Balaban J connectivity index is 1.68. The van der Waals surface area contributed by atoms with Crippen LogP contribution >= 0.6 is 0 Å². The zero-order chi connectivity index (χ0) is 18.9. The predicted octanol–water partition coefficient (Wildman–Crippen LogP) is 3.32. The molecule has 0 fully saturated rings. The van der Waals surface area contributed by atoms with Crippen LogP contribution in [0.1, 0.15) is 24.0 Å². The normalized spacial score (nSPS) is 21.0. The lowest BCUT2D eigenvalue weighted by atomic mass is 9.73. The van der Waals surface area contributed by atoms with Crippen molar-refractivity contribution in [2.75, 3.05) is 25.0 Å². The van der Waals surface area contributed by atoms with Gasteiger partial charge in [0.25, 0.3) is 0 Å². The van der Waals surface area contributed by atoms with Crippen molar-refractivity contribution >= 4 is 17.5 Å². The van der Waals surface area contributed by atoms with Gasteiger partial charge in [0.15, 0.2) is 0 Å². The van der Waals surface area contributed by atoms with Gasteiger partial charge < -0.3 is 9.80 Å². The van der Waals surface area contributed by atoms with E-state index in [0.717, 1.165) is 16.8 Å². The van der Waals surface area contributed by atoms with Crippen LogP contribution in [0.15, 0.2) is 66.7 Å². The zero-order valence-electron chi connectivity index (χ0n) is 15.6. The first-order chi connectivity index (χ1) is 13.1. The van der Waals surface area contributed by atoms with E-state index in [1.165, 1.54) is 0 Å². The summed E-state index contributed by atoms with van der Waals surface area (Å²) < 4.78 is 0. The molecule has 2 aromatic carbocycles. The lowest BCUT2D eigenvalue weighted by molar-refractivity contribution is -0.130. The molecule has 2 amide bonds. The van der Waals surface area contributed by atoms with Gasteiger partial charge in [0.05, 0.1) is 5.41 Å². The number of nitrogens with zero attached hydrogens (tertiary/aromatic N) is 2. The maximum atomic E-state index is 13.4. The Labute approximate surface area is 160 Å². The van der Waals surface area contributed by atoms with Gasteiger partial charge in [-0.2, -0.15) is 0 Å². The summed E-state index contributed by atoms with van der Waals surface area (Å²) in [6.07, 6.45) is 5.54. The van der Waals surface area contributed by atoms with Crippen LogP contribution in [-0.4, -0.2) is 36.9 Å². The molecule has 0 bridgehead atoms. The Morgan fingerprint density at radius 1 is 1.00 bits per heavy atom. The number of anilines is 1. The summed E-state index contributed by atoms with van der Waals surface area (Å²) in [5, 5.41) is 0. The molecule has 0 aliphatic carbocycles. The third kappa shape index (κ3) is 3.05. The SMILES string of the molecule is CN1C(=O)[C@](CCC(=O)N2CC=CC2)(Cc2ccccc2)c2ccccc21. The van der Waals surface area contributed by atoms with Crippen LogP contribution in [0.2, 0.25) is 0 Å². The minimum atomic E-state index is -0.685. The van der Waals surface area contributed by atoms with Crippen LogP contribution in [0.25, 0.3) is 0 Å². The van der Waals surface area contributed by atoms with Gasteiger partial charge in [-0.05, 0) is 30.0 Å². The van der Waals surface area contributed by atoms with Crippen LogP contribution < -0.4 is 4.90 Å². The molecule has 4 rings (SSSR count). The molecular formula is C23H24N2O2. The van der Waals surface area contributed by atoms with Crippen molar-refractivity contribution < 1.29 is 9.59 Å². The molecule has 27 heavy (non-hydrogen) atoms. The van der Waals surface area contributed by atoms with Crippen molar-refractivity contribution in [3.8, 4) is 0 Å². The second-order valence-electron chi connectivity index (χ2n) is 7.40. The van der Waals surface area contributed by atoms with E-state index in [1.54, 1.807) is 4.90 Å². The minimum Gasteiger partial charge on any atom is -0.335 e. The molecule has 0 unspecified atom stereocenters. The summed E-state index contributed by atoms with van der Waals surface area (Å²) in [6, 6.07) is 18.1. The molecule has 0 saturated carbocycles. The van der Waals surface area contributed by atoms with E-state index in [1.807, 2.05) is 66.6 Å². The number of fused-ring (bicyclic) bond motifs is 1. The summed E-state index contributed by atoms with van der Waals surface area (Å²) in [6.45, 7) is 1.35. The van der Waals surface area contributed by atoms with E-state index >= 15 is 0 Å². The fraction of sp³-hybridized carbons (Fsp3) is 0.304. The van der Waals surface area contributed by atoms with Crippen LogP contribution in [-0.2, 0) is 21.4 Å². The molecule has 2 aliphatic heterocycles. The maximum Gasteiger partial charge on any atom is 0.237 e. The fourth-order valence-corrected chi connectivity index (χ4v) is 4.32. The molecule has 2 aromatic rings. The minimum absolute atomic E-state index is 0.0832. The van der Waals surface area contributed by atoms with Crippen LogP contribution in [0, 0.1) is 0 Å². The Bertz CT molecular complexity index is 882. The van der Waals surface area contributed by atoms with Gasteiger partial charge in [0.2, 0.25) is 11.8 Å². The van der Waals surface area contributed by atoms with Crippen LogP contribution in [0.4, 0.5) is 5.69 Å². The third-order valence-electron chi connectivity index (χ3n) is 5.78. The van der Waals surface area contributed by atoms with E-state index in [-0.39, 0.29) is 11.8 Å². The van der Waals surface area contributed by atoms with E-state index in [0.29, 0.717) is 32.4 Å². The molecule has 1 atom stereocenters. The summed E-state index contributed by atoms with van der Waals surface area (Å²) in [4.78, 5) is 29.7. The van der Waals surface area contributed by atoms with Gasteiger partial charge in [0, 0.05) is 32.2 Å². The monoisotopic (exact) mass is 360 g/mol. The summed E-state index contributed by atoms with van der Waals surface area (Å²) in [5.41, 5.74) is 2.42. The van der Waals surface area contributed by atoms with Gasteiger partial charge in [-0.1, -0.05) is 60.7 Å². The molecule has 4 nitrogen and oxygen atoms in total. The molecule has 0 saturated heterocycles. The Morgan fingerprint density at radius 2 is 1.67 bits per heavy atom. The maximum absolute atomic E-state index is 13.4. The molecular weight excluding hydrogens is 336 g/mol. The molecule has 0 radical (unpaired) electrons. The molecule has 0 spiro atoms. The Hall–Kier alpha value is -2.88. The first-order valence-electron chi connectivity index (χ1n) is 9.46.